The minimum absolute atomic E-state index is 0.345. The van der Waals surface area contributed by atoms with Gasteiger partial charge in [-0.15, -0.1) is 0 Å². The molecule has 0 bridgehead atoms. The van der Waals surface area contributed by atoms with Crippen molar-refractivity contribution in [1.29, 1.82) is 0 Å². The van der Waals surface area contributed by atoms with E-state index < -0.39 is 11.6 Å². The molecule has 0 fully saturated rings. The minimum Gasteiger partial charge on any atom is -0.497 e. The highest BCUT2D eigenvalue weighted by molar-refractivity contribution is 6.02. The number of esters is 1. The van der Waals surface area contributed by atoms with Crippen molar-refractivity contribution in [2.24, 2.45) is 0 Å². The smallest absolute Gasteiger partial charge is 0.347 e. The average molecular weight is 350 g/mol. The third-order valence-electron chi connectivity index (χ3n) is 4.18. The summed E-state index contributed by atoms with van der Waals surface area (Å²) in [6, 6.07) is 13.5. The molecule has 4 aromatic rings. The fourth-order valence-corrected chi connectivity index (χ4v) is 2.83. The first-order chi connectivity index (χ1) is 12.6. The lowest BCUT2D eigenvalue weighted by atomic mass is 10.1. The first kappa shape index (κ1) is 16.0. The molecule has 2 aromatic carbocycles. The molecule has 0 atom stereocenters. The predicted octanol–water partition coefficient (Wildman–Crippen LogP) is 4.00. The van der Waals surface area contributed by atoms with E-state index in [0.29, 0.717) is 39.0 Å². The number of methoxy groups -OCH3 is 2. The van der Waals surface area contributed by atoms with Crippen molar-refractivity contribution in [3.8, 4) is 17.1 Å². The Balaban J connectivity index is 1.89. The van der Waals surface area contributed by atoms with Gasteiger partial charge in [-0.25, -0.2) is 9.59 Å². The molecule has 2 heterocycles. The van der Waals surface area contributed by atoms with Gasteiger partial charge in [-0.05, 0) is 36.4 Å². The molecule has 0 spiro atoms. The molecule has 0 saturated carbocycles. The van der Waals surface area contributed by atoms with Crippen LogP contribution in [0.4, 0.5) is 0 Å². The summed E-state index contributed by atoms with van der Waals surface area (Å²) in [5.74, 6) is 0.715. The lowest BCUT2D eigenvalue weighted by Crippen LogP contribution is -2.00. The first-order valence-corrected chi connectivity index (χ1v) is 7.84. The molecule has 0 aliphatic rings. The highest BCUT2D eigenvalue weighted by Crippen LogP contribution is 2.32. The van der Waals surface area contributed by atoms with E-state index in [1.807, 2.05) is 0 Å². The molecule has 0 amide bonds. The summed E-state index contributed by atoms with van der Waals surface area (Å²) in [7, 11) is 2.89. The molecular formula is C20H14O6. The van der Waals surface area contributed by atoms with Gasteiger partial charge in [0.25, 0.3) is 0 Å². The quantitative estimate of drug-likeness (QED) is 0.410. The van der Waals surface area contributed by atoms with Gasteiger partial charge in [0.15, 0.2) is 5.58 Å². The second-order valence-electron chi connectivity index (χ2n) is 5.67. The van der Waals surface area contributed by atoms with Crippen LogP contribution >= 0.6 is 0 Å². The highest BCUT2D eigenvalue weighted by atomic mass is 16.5. The molecule has 26 heavy (non-hydrogen) atoms. The van der Waals surface area contributed by atoms with Gasteiger partial charge in [0.1, 0.15) is 22.5 Å². The molecule has 2 aromatic heterocycles. The summed E-state index contributed by atoms with van der Waals surface area (Å²) in [5, 5.41) is 0.995. The molecule has 0 radical (unpaired) electrons. The third-order valence-corrected chi connectivity index (χ3v) is 4.18. The Morgan fingerprint density at radius 2 is 1.69 bits per heavy atom. The first-order valence-electron chi connectivity index (χ1n) is 7.84. The van der Waals surface area contributed by atoms with E-state index >= 15 is 0 Å². The van der Waals surface area contributed by atoms with Gasteiger partial charge in [-0.2, -0.15) is 0 Å². The number of hydrogen-bond acceptors (Lipinski definition) is 6. The van der Waals surface area contributed by atoms with Crippen LogP contribution in [0.1, 0.15) is 10.4 Å². The maximum absolute atomic E-state index is 12.3. The molecule has 0 saturated heterocycles. The van der Waals surface area contributed by atoms with Crippen LogP contribution < -0.4 is 10.4 Å². The number of rotatable bonds is 3. The molecule has 0 aliphatic carbocycles. The lowest BCUT2D eigenvalue weighted by molar-refractivity contribution is 0.0600. The van der Waals surface area contributed by atoms with Gasteiger partial charge in [-0.3, -0.25) is 0 Å². The molecule has 6 heteroatoms. The van der Waals surface area contributed by atoms with Crippen LogP contribution in [0.15, 0.2) is 62.2 Å². The van der Waals surface area contributed by atoms with E-state index in [4.69, 9.17) is 13.6 Å². The monoisotopic (exact) mass is 350 g/mol. The van der Waals surface area contributed by atoms with E-state index in [1.54, 1.807) is 55.6 Å². The van der Waals surface area contributed by atoms with Crippen molar-refractivity contribution in [3.05, 3.63) is 64.5 Å². The number of furan rings is 1. The van der Waals surface area contributed by atoms with Crippen molar-refractivity contribution in [3.63, 3.8) is 0 Å². The standard InChI is InChI=1S/C20H14O6/c1-23-13-7-8-16-14(9-13)18-15(20(22)26-16)10-17(25-18)11-3-5-12(6-4-11)19(21)24-2/h3-10H,1-2H3. The van der Waals surface area contributed by atoms with Gasteiger partial charge < -0.3 is 18.3 Å². The zero-order valence-corrected chi connectivity index (χ0v) is 14.1. The average Bonchev–Trinajstić information content (AvgIpc) is 3.14. The number of hydrogen-bond donors (Lipinski definition) is 0. The van der Waals surface area contributed by atoms with Gasteiger partial charge in [-0.1, -0.05) is 12.1 Å². The van der Waals surface area contributed by atoms with Gasteiger partial charge in [0, 0.05) is 5.56 Å². The Morgan fingerprint density at radius 1 is 0.923 bits per heavy atom. The Bertz CT molecular complexity index is 1180. The van der Waals surface area contributed by atoms with Gasteiger partial charge in [0.2, 0.25) is 0 Å². The van der Waals surface area contributed by atoms with Crippen LogP contribution in [-0.2, 0) is 4.74 Å². The summed E-state index contributed by atoms with van der Waals surface area (Å²) in [6.45, 7) is 0. The number of ether oxygens (including phenoxy) is 2. The van der Waals surface area contributed by atoms with Crippen molar-refractivity contribution in [2.75, 3.05) is 14.2 Å². The minimum atomic E-state index is -0.473. The van der Waals surface area contributed by atoms with Crippen LogP contribution in [0.2, 0.25) is 0 Å². The zero-order valence-electron chi connectivity index (χ0n) is 14.1. The Labute approximate surface area is 147 Å². The number of benzene rings is 2. The summed E-state index contributed by atoms with van der Waals surface area (Å²) in [5.41, 5.74) is 1.54. The molecule has 0 aliphatic heterocycles. The van der Waals surface area contributed by atoms with Crippen LogP contribution in [0.5, 0.6) is 5.75 Å². The second-order valence-corrected chi connectivity index (χ2v) is 5.67. The number of carbonyl (C=O) groups is 1. The predicted molar refractivity (Wildman–Crippen MR) is 95.6 cm³/mol. The maximum Gasteiger partial charge on any atom is 0.347 e. The van der Waals surface area contributed by atoms with E-state index in [2.05, 4.69) is 4.74 Å². The number of carbonyl (C=O) groups excluding carboxylic acids is 1. The molecular weight excluding hydrogens is 336 g/mol. The highest BCUT2D eigenvalue weighted by Gasteiger charge is 2.15. The van der Waals surface area contributed by atoms with Crippen LogP contribution in [0.3, 0.4) is 0 Å². The largest absolute Gasteiger partial charge is 0.497 e. The van der Waals surface area contributed by atoms with Gasteiger partial charge in [0.05, 0.1) is 25.2 Å². The van der Waals surface area contributed by atoms with E-state index in [9.17, 15) is 9.59 Å². The SMILES string of the molecule is COC(=O)c1ccc(-c2cc3c(=O)oc4ccc(OC)cc4c3o2)cc1. The van der Waals surface area contributed by atoms with Crippen LogP contribution in [0.25, 0.3) is 33.3 Å². The van der Waals surface area contributed by atoms with Gasteiger partial charge >= 0.3 is 11.6 Å². The molecule has 4 rings (SSSR count). The van der Waals surface area contributed by atoms with Crippen molar-refractivity contribution >= 4 is 27.9 Å². The summed E-state index contributed by atoms with van der Waals surface area (Å²) >= 11 is 0. The fourth-order valence-electron chi connectivity index (χ4n) is 2.83. The van der Waals surface area contributed by atoms with E-state index in [-0.39, 0.29) is 0 Å². The second kappa shape index (κ2) is 6.07. The Morgan fingerprint density at radius 3 is 2.38 bits per heavy atom. The van der Waals surface area contributed by atoms with Crippen molar-refractivity contribution in [1.82, 2.24) is 0 Å². The maximum atomic E-state index is 12.3. The van der Waals surface area contributed by atoms with E-state index in [1.165, 1.54) is 7.11 Å². The van der Waals surface area contributed by atoms with E-state index in [0.717, 1.165) is 5.56 Å². The van der Waals surface area contributed by atoms with Crippen molar-refractivity contribution < 1.29 is 23.1 Å². The molecule has 130 valence electrons. The summed E-state index contributed by atoms with van der Waals surface area (Å²) in [4.78, 5) is 23.8. The Kier molecular flexibility index (Phi) is 3.73. The van der Waals surface area contributed by atoms with Crippen molar-refractivity contribution in [2.45, 2.75) is 0 Å². The van der Waals surface area contributed by atoms with Crippen LogP contribution in [-0.4, -0.2) is 20.2 Å². The van der Waals surface area contributed by atoms with Crippen LogP contribution in [0, 0.1) is 0 Å². The Hall–Kier alpha value is -3.54. The number of fused-ring (bicyclic) bond motifs is 3. The molecule has 0 N–H and O–H groups in total. The topological polar surface area (TPSA) is 78.9 Å². The lowest BCUT2D eigenvalue weighted by Gasteiger charge is -2.02. The third kappa shape index (κ3) is 2.52. The fraction of sp³-hybridized carbons (Fsp3) is 0.100. The molecule has 0 unspecified atom stereocenters. The zero-order chi connectivity index (χ0) is 18.3. The normalized spacial score (nSPS) is 11.0. The molecule has 6 nitrogen and oxygen atoms in total. The summed E-state index contributed by atoms with van der Waals surface area (Å²) in [6.07, 6.45) is 0. The summed E-state index contributed by atoms with van der Waals surface area (Å²) < 4.78 is 21.2.